The predicted octanol–water partition coefficient (Wildman–Crippen LogP) is 4.95. The number of amides is 1. The van der Waals surface area contributed by atoms with Crippen molar-refractivity contribution in [3.8, 4) is 17.1 Å². The van der Waals surface area contributed by atoms with Crippen molar-refractivity contribution in [1.29, 1.82) is 0 Å². The lowest BCUT2D eigenvalue weighted by Crippen LogP contribution is -2.42. The second kappa shape index (κ2) is 9.94. The molecular formula is C28H34N6O3Si. The molecule has 0 spiro atoms. The normalized spacial score (nSPS) is 14.9. The van der Waals surface area contributed by atoms with Crippen molar-refractivity contribution in [3.05, 3.63) is 60.3 Å². The second-order valence-electron chi connectivity index (χ2n) is 11.0. The highest BCUT2D eigenvalue weighted by molar-refractivity contribution is 6.74. The summed E-state index contributed by atoms with van der Waals surface area (Å²) in [7, 11) is -1.87. The molecule has 1 aliphatic rings. The zero-order valence-corrected chi connectivity index (χ0v) is 23.6. The van der Waals surface area contributed by atoms with Gasteiger partial charge >= 0.3 is 0 Å². The van der Waals surface area contributed by atoms with Crippen LogP contribution in [0.3, 0.4) is 0 Å². The third-order valence-electron chi connectivity index (χ3n) is 7.43. The molecule has 4 aromatic rings. The van der Waals surface area contributed by atoms with E-state index in [4.69, 9.17) is 24.9 Å². The SMILES string of the molecule is CC(C)(C)[Si](C)(C)OCc1ccc(-n2c(-c3cccnc3N)nc3ccc(N4CCOCC4=O)nc32)cc1. The van der Waals surface area contributed by atoms with Gasteiger partial charge in [-0.25, -0.2) is 15.0 Å². The van der Waals surface area contributed by atoms with Crippen LogP contribution in [-0.2, 0) is 20.6 Å². The first-order valence-corrected chi connectivity index (χ1v) is 15.7. The highest BCUT2D eigenvalue weighted by atomic mass is 28.4. The Labute approximate surface area is 223 Å². The van der Waals surface area contributed by atoms with Gasteiger partial charge in [-0.05, 0) is 60.1 Å². The molecule has 0 bridgehead atoms. The third kappa shape index (κ3) is 4.94. The molecule has 3 aromatic heterocycles. The van der Waals surface area contributed by atoms with E-state index in [2.05, 4.69) is 51.0 Å². The Morgan fingerprint density at radius 3 is 2.53 bits per heavy atom. The minimum atomic E-state index is -1.87. The summed E-state index contributed by atoms with van der Waals surface area (Å²) >= 11 is 0. The van der Waals surface area contributed by atoms with E-state index in [9.17, 15) is 4.79 Å². The summed E-state index contributed by atoms with van der Waals surface area (Å²) in [5, 5.41) is 0.145. The Kier molecular flexibility index (Phi) is 6.80. The van der Waals surface area contributed by atoms with Crippen LogP contribution in [0, 0.1) is 0 Å². The van der Waals surface area contributed by atoms with Gasteiger partial charge in [0, 0.05) is 11.9 Å². The fraction of sp³-hybridized carbons (Fsp3) is 0.357. The zero-order chi connectivity index (χ0) is 27.1. The molecule has 38 heavy (non-hydrogen) atoms. The third-order valence-corrected chi connectivity index (χ3v) is 11.9. The molecule has 0 saturated carbocycles. The Bertz CT molecular complexity index is 1480. The van der Waals surface area contributed by atoms with E-state index in [0.29, 0.717) is 53.9 Å². The molecule has 0 aliphatic carbocycles. The summed E-state index contributed by atoms with van der Waals surface area (Å²) in [5.41, 5.74) is 10.3. The molecular weight excluding hydrogens is 496 g/mol. The lowest BCUT2D eigenvalue weighted by molar-refractivity contribution is -0.125. The Hall–Kier alpha value is -3.60. The number of nitrogens with zero attached hydrogens (tertiary/aromatic N) is 5. The molecule has 198 valence electrons. The van der Waals surface area contributed by atoms with Crippen molar-refractivity contribution in [1.82, 2.24) is 19.5 Å². The van der Waals surface area contributed by atoms with E-state index in [1.54, 1.807) is 11.1 Å². The number of carbonyl (C=O) groups is 1. The van der Waals surface area contributed by atoms with Crippen molar-refractivity contribution in [2.75, 3.05) is 30.4 Å². The van der Waals surface area contributed by atoms with E-state index in [1.165, 1.54) is 0 Å². The van der Waals surface area contributed by atoms with Crippen molar-refractivity contribution >= 4 is 37.0 Å². The monoisotopic (exact) mass is 530 g/mol. The first kappa shape index (κ1) is 26.0. The van der Waals surface area contributed by atoms with Crippen LogP contribution >= 0.6 is 0 Å². The number of anilines is 2. The molecule has 2 N–H and O–H groups in total. The Morgan fingerprint density at radius 2 is 1.84 bits per heavy atom. The maximum atomic E-state index is 12.5. The number of ether oxygens (including phenoxy) is 1. The predicted molar refractivity (Wildman–Crippen MR) is 152 cm³/mol. The van der Waals surface area contributed by atoms with Crippen LogP contribution in [0.1, 0.15) is 26.3 Å². The molecule has 1 amide bonds. The van der Waals surface area contributed by atoms with Crippen LogP contribution in [-0.4, -0.2) is 53.5 Å². The van der Waals surface area contributed by atoms with Crippen molar-refractivity contribution in [2.45, 2.75) is 45.5 Å². The fourth-order valence-corrected chi connectivity index (χ4v) is 5.07. The lowest BCUT2D eigenvalue weighted by Gasteiger charge is -2.36. The topological polar surface area (TPSA) is 108 Å². The van der Waals surface area contributed by atoms with Crippen molar-refractivity contribution in [2.24, 2.45) is 0 Å². The number of hydrogen-bond donors (Lipinski definition) is 1. The number of imidazole rings is 1. The van der Waals surface area contributed by atoms with Crippen LogP contribution in [0.25, 0.3) is 28.2 Å². The van der Waals surface area contributed by atoms with Crippen LogP contribution in [0.5, 0.6) is 0 Å². The molecule has 0 unspecified atom stereocenters. The fourth-order valence-electron chi connectivity index (χ4n) is 4.11. The number of carbonyl (C=O) groups excluding carboxylic acids is 1. The Balaban J connectivity index is 1.57. The van der Waals surface area contributed by atoms with Crippen molar-refractivity contribution < 1.29 is 14.0 Å². The van der Waals surface area contributed by atoms with Gasteiger partial charge in [0.25, 0.3) is 5.91 Å². The van der Waals surface area contributed by atoms with Crippen LogP contribution < -0.4 is 10.6 Å². The van der Waals surface area contributed by atoms with Gasteiger partial charge < -0.3 is 14.9 Å². The number of nitrogens with two attached hydrogens (primary N) is 1. The summed E-state index contributed by atoms with van der Waals surface area (Å²) in [6, 6.07) is 15.6. The highest BCUT2D eigenvalue weighted by Crippen LogP contribution is 2.37. The minimum absolute atomic E-state index is 0.0505. The molecule has 0 atom stereocenters. The lowest BCUT2D eigenvalue weighted by atomic mass is 10.2. The van der Waals surface area contributed by atoms with Gasteiger partial charge in [0.1, 0.15) is 23.8 Å². The number of nitrogen functional groups attached to an aromatic ring is 1. The number of benzene rings is 1. The van der Waals surface area contributed by atoms with E-state index >= 15 is 0 Å². The molecule has 9 nitrogen and oxygen atoms in total. The van der Waals surface area contributed by atoms with Gasteiger partial charge in [-0.15, -0.1) is 0 Å². The van der Waals surface area contributed by atoms with Gasteiger partial charge in [-0.2, -0.15) is 0 Å². The van der Waals surface area contributed by atoms with Crippen LogP contribution in [0.4, 0.5) is 11.6 Å². The number of fused-ring (bicyclic) bond motifs is 1. The first-order chi connectivity index (χ1) is 18.0. The summed E-state index contributed by atoms with van der Waals surface area (Å²) in [6.45, 7) is 12.8. The average molecular weight is 531 g/mol. The molecule has 5 rings (SSSR count). The molecule has 0 radical (unpaired) electrons. The van der Waals surface area contributed by atoms with Gasteiger partial charge in [0.05, 0.1) is 25.3 Å². The largest absolute Gasteiger partial charge is 0.413 e. The zero-order valence-electron chi connectivity index (χ0n) is 22.6. The first-order valence-electron chi connectivity index (χ1n) is 12.8. The van der Waals surface area contributed by atoms with Crippen LogP contribution in [0.15, 0.2) is 54.7 Å². The summed E-state index contributed by atoms with van der Waals surface area (Å²) < 4.78 is 13.7. The number of pyridine rings is 2. The standard InChI is InChI=1S/C28H34N6O3Si/c1-28(2,3)38(4,5)37-17-19-8-10-20(11-9-19)34-26(21-7-6-14-30-25(21)29)31-22-12-13-23(32-27(22)34)33-15-16-36-18-24(33)35/h6-14H,15-18H2,1-5H3,(H2,29,30). The molecule has 10 heteroatoms. The van der Waals surface area contributed by atoms with Gasteiger partial charge in [0.2, 0.25) is 0 Å². The molecule has 1 saturated heterocycles. The quantitative estimate of drug-likeness (QED) is 0.351. The smallest absolute Gasteiger partial charge is 0.254 e. The second-order valence-corrected chi connectivity index (χ2v) is 15.8. The summed E-state index contributed by atoms with van der Waals surface area (Å²) in [4.78, 5) is 28.2. The number of morpholine rings is 1. The highest BCUT2D eigenvalue weighted by Gasteiger charge is 2.37. The summed E-state index contributed by atoms with van der Waals surface area (Å²) in [6.07, 6.45) is 1.66. The molecule has 1 aliphatic heterocycles. The van der Waals surface area contributed by atoms with Gasteiger partial charge in [-0.1, -0.05) is 32.9 Å². The van der Waals surface area contributed by atoms with E-state index in [-0.39, 0.29) is 17.6 Å². The average Bonchev–Trinajstić information content (AvgIpc) is 3.26. The maximum Gasteiger partial charge on any atom is 0.254 e. The summed E-state index contributed by atoms with van der Waals surface area (Å²) in [5.74, 6) is 1.47. The van der Waals surface area contributed by atoms with E-state index < -0.39 is 8.32 Å². The molecule has 1 aromatic carbocycles. The maximum absolute atomic E-state index is 12.5. The number of hydrogen-bond acceptors (Lipinski definition) is 7. The number of rotatable bonds is 6. The van der Waals surface area contributed by atoms with Crippen molar-refractivity contribution in [3.63, 3.8) is 0 Å². The Morgan fingerprint density at radius 1 is 1.08 bits per heavy atom. The van der Waals surface area contributed by atoms with E-state index in [0.717, 1.165) is 11.3 Å². The van der Waals surface area contributed by atoms with Crippen LogP contribution in [0.2, 0.25) is 18.1 Å². The molecule has 4 heterocycles. The van der Waals surface area contributed by atoms with E-state index in [1.807, 2.05) is 41.0 Å². The van der Waals surface area contributed by atoms with Gasteiger partial charge in [0.15, 0.2) is 19.8 Å². The minimum Gasteiger partial charge on any atom is -0.413 e. The number of aromatic nitrogens is 4. The van der Waals surface area contributed by atoms with Gasteiger partial charge in [-0.3, -0.25) is 14.3 Å². The molecule has 1 fully saturated rings.